The Bertz CT molecular complexity index is 339. The van der Waals surface area contributed by atoms with E-state index in [2.05, 4.69) is 0 Å². The number of hydrogen-bond acceptors (Lipinski definition) is 2. The average Bonchev–Trinajstić information content (AvgIpc) is 2.16. The lowest BCUT2D eigenvalue weighted by Crippen LogP contribution is -1.98. The summed E-state index contributed by atoms with van der Waals surface area (Å²) in [5.41, 5.74) is 0.904. The van der Waals surface area contributed by atoms with Crippen LogP contribution in [0.3, 0.4) is 0 Å². The Hall–Kier alpha value is -0.670. The summed E-state index contributed by atoms with van der Waals surface area (Å²) in [5.74, 6) is -0.796. The molecule has 0 bridgehead atoms. The van der Waals surface area contributed by atoms with Crippen molar-refractivity contribution >= 4 is 29.3 Å². The monoisotopic (exact) mass is 230 g/mol. The van der Waals surface area contributed by atoms with Crippen LogP contribution in [0, 0.1) is 0 Å². The Kier molecular flexibility index (Phi) is 4.29. The van der Waals surface area contributed by atoms with E-state index < -0.39 is 5.97 Å². The van der Waals surface area contributed by atoms with Crippen molar-refractivity contribution in [3.63, 3.8) is 0 Å². The predicted octanol–water partition coefficient (Wildman–Crippen LogP) is 3.08. The number of halogens is 1. The van der Waals surface area contributed by atoms with E-state index in [-0.39, 0.29) is 6.42 Å². The fourth-order valence-electron chi connectivity index (χ4n) is 1.11. The second kappa shape index (κ2) is 5.27. The molecular formula is C10H11ClO2S. The van der Waals surface area contributed by atoms with Crippen LogP contribution in [0.15, 0.2) is 23.1 Å². The molecule has 1 N–H and O–H groups in total. The maximum Gasteiger partial charge on any atom is 0.303 e. The lowest BCUT2D eigenvalue weighted by molar-refractivity contribution is -0.136. The number of carbonyl (C=O) groups is 1. The van der Waals surface area contributed by atoms with Gasteiger partial charge in [-0.25, -0.2) is 0 Å². The minimum Gasteiger partial charge on any atom is -0.481 e. The van der Waals surface area contributed by atoms with E-state index in [4.69, 9.17) is 16.7 Å². The first kappa shape index (κ1) is 11.4. The van der Waals surface area contributed by atoms with Gasteiger partial charge in [0.25, 0.3) is 0 Å². The van der Waals surface area contributed by atoms with Crippen molar-refractivity contribution in [3.8, 4) is 0 Å². The SMILES string of the molecule is CSc1ccc(Cl)c(CCC(=O)O)c1. The summed E-state index contributed by atoms with van der Waals surface area (Å²) in [6, 6.07) is 5.68. The number of benzene rings is 1. The number of thioether (sulfide) groups is 1. The Labute approximate surface area is 92.3 Å². The topological polar surface area (TPSA) is 37.3 Å². The van der Waals surface area contributed by atoms with Crippen molar-refractivity contribution < 1.29 is 9.90 Å². The number of aryl methyl sites for hydroxylation is 1. The minimum absolute atomic E-state index is 0.123. The molecule has 76 valence electrons. The maximum absolute atomic E-state index is 10.4. The van der Waals surface area contributed by atoms with Crippen molar-refractivity contribution in [2.24, 2.45) is 0 Å². The third-order valence-corrected chi connectivity index (χ3v) is 2.96. The molecular weight excluding hydrogens is 220 g/mol. The Morgan fingerprint density at radius 2 is 2.29 bits per heavy atom. The quantitative estimate of drug-likeness (QED) is 0.808. The van der Waals surface area contributed by atoms with E-state index >= 15 is 0 Å². The Morgan fingerprint density at radius 1 is 1.57 bits per heavy atom. The first-order valence-electron chi connectivity index (χ1n) is 4.17. The molecule has 1 rings (SSSR count). The van der Waals surface area contributed by atoms with Gasteiger partial charge in [0.2, 0.25) is 0 Å². The lowest BCUT2D eigenvalue weighted by atomic mass is 10.1. The molecule has 0 atom stereocenters. The molecule has 0 saturated heterocycles. The maximum atomic E-state index is 10.4. The van der Waals surface area contributed by atoms with Crippen LogP contribution in [0.2, 0.25) is 5.02 Å². The largest absolute Gasteiger partial charge is 0.481 e. The molecule has 0 amide bonds. The molecule has 0 aromatic heterocycles. The van der Waals surface area contributed by atoms with Crippen molar-refractivity contribution in [1.82, 2.24) is 0 Å². The van der Waals surface area contributed by atoms with Gasteiger partial charge in [0, 0.05) is 16.3 Å². The highest BCUT2D eigenvalue weighted by atomic mass is 35.5. The molecule has 0 radical (unpaired) electrons. The molecule has 2 nitrogen and oxygen atoms in total. The molecule has 0 aliphatic carbocycles. The van der Waals surface area contributed by atoms with Gasteiger partial charge in [-0.2, -0.15) is 0 Å². The van der Waals surface area contributed by atoms with Crippen LogP contribution >= 0.6 is 23.4 Å². The van der Waals surface area contributed by atoms with E-state index in [1.807, 2.05) is 24.5 Å². The Morgan fingerprint density at radius 3 is 2.86 bits per heavy atom. The van der Waals surface area contributed by atoms with Crippen molar-refractivity contribution in [2.45, 2.75) is 17.7 Å². The van der Waals surface area contributed by atoms with Gasteiger partial charge in [0.1, 0.15) is 0 Å². The molecule has 1 aromatic rings. The van der Waals surface area contributed by atoms with E-state index in [1.165, 1.54) is 0 Å². The van der Waals surface area contributed by atoms with Gasteiger partial charge in [0.05, 0.1) is 0 Å². The van der Waals surface area contributed by atoms with Crippen LogP contribution < -0.4 is 0 Å². The van der Waals surface area contributed by atoms with Crippen molar-refractivity contribution in [1.29, 1.82) is 0 Å². The van der Waals surface area contributed by atoms with E-state index in [0.29, 0.717) is 11.4 Å². The predicted molar refractivity (Wildman–Crippen MR) is 59.2 cm³/mol. The van der Waals surface area contributed by atoms with E-state index in [0.717, 1.165) is 10.5 Å². The molecule has 0 heterocycles. The third-order valence-electron chi connectivity index (χ3n) is 1.86. The fraction of sp³-hybridized carbons (Fsp3) is 0.300. The van der Waals surface area contributed by atoms with Crippen LogP contribution in [0.1, 0.15) is 12.0 Å². The Balaban J connectivity index is 2.78. The summed E-state index contributed by atoms with van der Waals surface area (Å²) in [7, 11) is 0. The zero-order valence-electron chi connectivity index (χ0n) is 7.79. The third kappa shape index (κ3) is 3.24. The first-order chi connectivity index (χ1) is 6.63. The van der Waals surface area contributed by atoms with Gasteiger partial charge < -0.3 is 5.11 Å². The molecule has 0 spiro atoms. The standard InChI is InChI=1S/C10H11ClO2S/c1-14-8-3-4-9(11)7(6-8)2-5-10(12)13/h3-4,6H,2,5H2,1H3,(H,12,13). The summed E-state index contributed by atoms with van der Waals surface area (Å²) in [4.78, 5) is 11.5. The van der Waals surface area contributed by atoms with Crippen LogP contribution in [-0.2, 0) is 11.2 Å². The summed E-state index contributed by atoms with van der Waals surface area (Å²) >= 11 is 7.55. The summed E-state index contributed by atoms with van der Waals surface area (Å²) < 4.78 is 0. The molecule has 0 unspecified atom stereocenters. The molecule has 4 heteroatoms. The van der Waals surface area contributed by atoms with Crippen molar-refractivity contribution in [3.05, 3.63) is 28.8 Å². The molecule has 14 heavy (non-hydrogen) atoms. The van der Waals surface area contributed by atoms with E-state index in [1.54, 1.807) is 11.8 Å². The fourth-order valence-corrected chi connectivity index (χ4v) is 1.79. The van der Waals surface area contributed by atoms with Gasteiger partial charge in [-0.1, -0.05) is 11.6 Å². The van der Waals surface area contributed by atoms with Gasteiger partial charge >= 0.3 is 5.97 Å². The summed E-state index contributed by atoms with van der Waals surface area (Å²) in [6.07, 6.45) is 2.59. The van der Waals surface area contributed by atoms with Gasteiger partial charge in [0.15, 0.2) is 0 Å². The summed E-state index contributed by atoms with van der Waals surface area (Å²) in [5, 5.41) is 9.19. The van der Waals surface area contributed by atoms with Gasteiger partial charge in [-0.15, -0.1) is 11.8 Å². The zero-order chi connectivity index (χ0) is 10.6. The normalized spacial score (nSPS) is 10.1. The number of aliphatic carboxylic acids is 1. The van der Waals surface area contributed by atoms with E-state index in [9.17, 15) is 4.79 Å². The molecule has 1 aromatic carbocycles. The molecule has 0 saturated carbocycles. The highest BCUT2D eigenvalue weighted by Crippen LogP contribution is 2.23. The smallest absolute Gasteiger partial charge is 0.303 e. The highest BCUT2D eigenvalue weighted by molar-refractivity contribution is 7.98. The zero-order valence-corrected chi connectivity index (χ0v) is 9.36. The van der Waals surface area contributed by atoms with Crippen LogP contribution in [0.5, 0.6) is 0 Å². The number of carboxylic acids is 1. The van der Waals surface area contributed by atoms with Crippen LogP contribution in [0.25, 0.3) is 0 Å². The lowest BCUT2D eigenvalue weighted by Gasteiger charge is -2.04. The molecule has 0 aliphatic rings. The van der Waals surface area contributed by atoms with Gasteiger partial charge in [-0.05, 0) is 36.4 Å². The minimum atomic E-state index is -0.796. The molecule has 0 aliphatic heterocycles. The van der Waals surface area contributed by atoms with Crippen LogP contribution in [-0.4, -0.2) is 17.3 Å². The highest BCUT2D eigenvalue weighted by Gasteiger charge is 2.04. The number of hydrogen-bond donors (Lipinski definition) is 1. The summed E-state index contributed by atoms with van der Waals surface area (Å²) in [6.45, 7) is 0. The average molecular weight is 231 g/mol. The number of rotatable bonds is 4. The second-order valence-electron chi connectivity index (χ2n) is 2.85. The first-order valence-corrected chi connectivity index (χ1v) is 5.78. The molecule has 0 fully saturated rings. The van der Waals surface area contributed by atoms with Crippen LogP contribution in [0.4, 0.5) is 0 Å². The second-order valence-corrected chi connectivity index (χ2v) is 4.14. The van der Waals surface area contributed by atoms with Crippen molar-refractivity contribution in [2.75, 3.05) is 6.26 Å². The van der Waals surface area contributed by atoms with Gasteiger partial charge in [-0.3, -0.25) is 4.79 Å². The number of carboxylic acid groups (broad SMARTS) is 1.